The van der Waals surface area contributed by atoms with Crippen LogP contribution in [0.4, 0.5) is 23.2 Å². The number of carbonyl (C=O) groups is 1. The van der Waals surface area contributed by atoms with Crippen LogP contribution in [0.25, 0.3) is 0 Å². The Morgan fingerprint density at radius 2 is 1.81 bits per heavy atom. The summed E-state index contributed by atoms with van der Waals surface area (Å²) in [7, 11) is 0. The maximum absolute atomic E-state index is 13.7. The maximum Gasteiger partial charge on any atom is 0.416 e. The average Bonchev–Trinajstić information content (AvgIpc) is 2.58. The van der Waals surface area contributed by atoms with Crippen LogP contribution < -0.4 is 10.6 Å². The monoisotopic (exact) mass is 402 g/mol. The first-order valence-corrected chi connectivity index (χ1v) is 8.61. The highest BCUT2D eigenvalue weighted by molar-refractivity contribution is 6.33. The molecule has 0 saturated heterocycles. The van der Waals surface area contributed by atoms with Crippen LogP contribution in [-0.2, 0) is 17.5 Å². The van der Waals surface area contributed by atoms with E-state index in [2.05, 4.69) is 10.6 Å². The van der Waals surface area contributed by atoms with E-state index in [0.717, 1.165) is 12.1 Å². The van der Waals surface area contributed by atoms with Crippen molar-refractivity contribution in [1.29, 1.82) is 0 Å². The highest BCUT2D eigenvalue weighted by Crippen LogP contribution is 2.34. The van der Waals surface area contributed by atoms with Gasteiger partial charge < -0.3 is 10.6 Å². The lowest BCUT2D eigenvalue weighted by Crippen LogP contribution is -2.42. The third-order valence-electron chi connectivity index (χ3n) is 3.97. The number of rotatable bonds is 6. The molecule has 8 heteroatoms. The van der Waals surface area contributed by atoms with Gasteiger partial charge in [0.25, 0.3) is 0 Å². The lowest BCUT2D eigenvalue weighted by atomic mass is 10.0. The standard InChI is InChI=1S/C19H19ClF4N2O/c1-11(2)17(18(27)25-10-12-5-3-4-6-15(12)21)26-16-8-7-13(9-14(16)20)19(22,23)24/h3-9,11,17,26H,10H2,1-2H3,(H,25,27)/t17-/m0/s1. The number of hydrogen-bond acceptors (Lipinski definition) is 2. The van der Waals surface area contributed by atoms with Gasteiger partial charge in [-0.1, -0.05) is 43.6 Å². The van der Waals surface area contributed by atoms with Gasteiger partial charge in [-0.25, -0.2) is 4.39 Å². The number of halogens is 5. The molecule has 27 heavy (non-hydrogen) atoms. The summed E-state index contributed by atoms with van der Waals surface area (Å²) in [5.41, 5.74) is -0.325. The Balaban J connectivity index is 2.11. The topological polar surface area (TPSA) is 41.1 Å². The average molecular weight is 403 g/mol. The zero-order valence-corrected chi connectivity index (χ0v) is 15.5. The van der Waals surface area contributed by atoms with Crippen LogP contribution in [0.3, 0.4) is 0 Å². The molecule has 1 amide bonds. The predicted octanol–water partition coefficient (Wildman–Crippen LogP) is 5.25. The Kier molecular flexibility index (Phi) is 6.70. The second-order valence-electron chi connectivity index (χ2n) is 6.37. The fraction of sp³-hybridized carbons (Fsp3) is 0.316. The van der Waals surface area contributed by atoms with E-state index in [9.17, 15) is 22.4 Å². The number of carbonyl (C=O) groups excluding carboxylic acids is 1. The third kappa shape index (κ3) is 5.60. The molecule has 0 heterocycles. The molecule has 2 aromatic rings. The van der Waals surface area contributed by atoms with Crippen LogP contribution in [0.2, 0.25) is 5.02 Å². The summed E-state index contributed by atoms with van der Waals surface area (Å²) >= 11 is 5.94. The summed E-state index contributed by atoms with van der Waals surface area (Å²) in [6, 6.07) is 8.18. The molecule has 0 spiro atoms. The van der Waals surface area contributed by atoms with Gasteiger partial charge in [-0.2, -0.15) is 13.2 Å². The first-order valence-electron chi connectivity index (χ1n) is 8.24. The molecular weight excluding hydrogens is 384 g/mol. The lowest BCUT2D eigenvalue weighted by Gasteiger charge is -2.24. The second-order valence-corrected chi connectivity index (χ2v) is 6.77. The van der Waals surface area contributed by atoms with Gasteiger partial charge >= 0.3 is 6.18 Å². The van der Waals surface area contributed by atoms with Crippen LogP contribution >= 0.6 is 11.6 Å². The Bertz CT molecular complexity index is 809. The van der Waals surface area contributed by atoms with E-state index in [4.69, 9.17) is 11.6 Å². The van der Waals surface area contributed by atoms with Crippen molar-refractivity contribution in [2.45, 2.75) is 32.6 Å². The van der Waals surface area contributed by atoms with Gasteiger partial charge in [0.15, 0.2) is 0 Å². The quantitative estimate of drug-likeness (QED) is 0.648. The second kappa shape index (κ2) is 8.61. The van der Waals surface area contributed by atoms with Crippen LogP contribution in [0.15, 0.2) is 42.5 Å². The fourth-order valence-corrected chi connectivity index (χ4v) is 2.68. The Labute approximate surface area is 159 Å². The molecule has 3 nitrogen and oxygen atoms in total. The van der Waals surface area contributed by atoms with Crippen molar-refractivity contribution < 1.29 is 22.4 Å². The molecule has 2 N–H and O–H groups in total. The number of nitrogens with one attached hydrogen (secondary N) is 2. The highest BCUT2D eigenvalue weighted by Gasteiger charge is 2.31. The summed E-state index contributed by atoms with van der Waals surface area (Å²) in [4.78, 5) is 12.5. The van der Waals surface area contributed by atoms with Crippen molar-refractivity contribution in [2.75, 3.05) is 5.32 Å². The molecule has 0 aliphatic carbocycles. The largest absolute Gasteiger partial charge is 0.416 e. The van der Waals surface area contributed by atoms with Gasteiger partial charge in [0.2, 0.25) is 5.91 Å². The summed E-state index contributed by atoms with van der Waals surface area (Å²) in [5.74, 6) is -1.04. The van der Waals surface area contributed by atoms with Gasteiger partial charge in [0.1, 0.15) is 11.9 Å². The summed E-state index contributed by atoms with van der Waals surface area (Å²) in [6.45, 7) is 3.55. The minimum atomic E-state index is -4.50. The molecule has 0 unspecified atom stereocenters. The zero-order valence-electron chi connectivity index (χ0n) is 14.7. The molecule has 0 bridgehead atoms. The molecule has 0 aromatic heterocycles. The van der Waals surface area contributed by atoms with Crippen LogP contribution in [0.1, 0.15) is 25.0 Å². The van der Waals surface area contributed by atoms with E-state index in [0.29, 0.717) is 5.56 Å². The molecule has 146 valence electrons. The molecule has 0 fully saturated rings. The molecule has 1 atom stereocenters. The number of alkyl halides is 3. The highest BCUT2D eigenvalue weighted by atomic mass is 35.5. The normalized spacial score (nSPS) is 12.7. The van der Waals surface area contributed by atoms with Crippen LogP contribution in [0, 0.1) is 11.7 Å². The minimum absolute atomic E-state index is 0.00283. The lowest BCUT2D eigenvalue weighted by molar-refractivity contribution is -0.137. The summed E-state index contributed by atoms with van der Waals surface area (Å²) in [6.07, 6.45) is -4.50. The van der Waals surface area contributed by atoms with Gasteiger partial charge in [-0.05, 0) is 30.2 Å². The molecular formula is C19H19ClF4N2O. The molecule has 0 aliphatic rings. The third-order valence-corrected chi connectivity index (χ3v) is 4.28. The van der Waals surface area contributed by atoms with Gasteiger partial charge in [-0.15, -0.1) is 0 Å². The van der Waals surface area contributed by atoms with Crippen molar-refractivity contribution in [2.24, 2.45) is 5.92 Å². The Hall–Kier alpha value is -2.28. The molecule has 0 radical (unpaired) electrons. The maximum atomic E-state index is 13.7. The van der Waals surface area contributed by atoms with Crippen molar-refractivity contribution in [3.05, 3.63) is 64.4 Å². The first-order chi connectivity index (χ1) is 12.6. The van der Waals surface area contributed by atoms with Gasteiger partial charge in [0.05, 0.1) is 16.3 Å². The number of hydrogen-bond donors (Lipinski definition) is 2. The van der Waals surface area contributed by atoms with Gasteiger partial charge in [-0.3, -0.25) is 4.79 Å². The predicted molar refractivity (Wildman–Crippen MR) is 96.9 cm³/mol. The smallest absolute Gasteiger partial charge is 0.372 e. The van der Waals surface area contributed by atoms with Gasteiger partial charge in [0, 0.05) is 12.1 Å². The van der Waals surface area contributed by atoms with E-state index in [1.807, 2.05) is 0 Å². The first kappa shape index (κ1) is 21.0. The number of anilines is 1. The van der Waals surface area contributed by atoms with Crippen LogP contribution in [-0.4, -0.2) is 11.9 Å². The Morgan fingerprint density at radius 1 is 1.15 bits per heavy atom. The zero-order chi connectivity index (χ0) is 20.2. The van der Waals surface area contributed by atoms with Crippen molar-refractivity contribution in [1.82, 2.24) is 5.32 Å². The Morgan fingerprint density at radius 3 is 2.37 bits per heavy atom. The number of benzene rings is 2. The molecule has 2 aromatic carbocycles. The minimum Gasteiger partial charge on any atom is -0.372 e. The van der Waals surface area contributed by atoms with Crippen molar-refractivity contribution >= 4 is 23.2 Å². The van der Waals surface area contributed by atoms with Crippen molar-refractivity contribution in [3.8, 4) is 0 Å². The van der Waals surface area contributed by atoms with Crippen LogP contribution in [0.5, 0.6) is 0 Å². The number of amides is 1. The van der Waals surface area contributed by atoms with E-state index < -0.39 is 29.5 Å². The fourth-order valence-electron chi connectivity index (χ4n) is 2.45. The summed E-state index contributed by atoms with van der Waals surface area (Å²) < 4.78 is 51.9. The van der Waals surface area contributed by atoms with E-state index in [1.54, 1.807) is 32.0 Å². The molecule has 0 aliphatic heterocycles. The SMILES string of the molecule is CC(C)[C@H](Nc1ccc(C(F)(F)F)cc1Cl)C(=O)NCc1ccccc1F. The van der Waals surface area contributed by atoms with E-state index in [1.165, 1.54) is 12.1 Å². The van der Waals surface area contributed by atoms with E-state index in [-0.39, 0.29) is 23.2 Å². The van der Waals surface area contributed by atoms with Crippen molar-refractivity contribution in [3.63, 3.8) is 0 Å². The molecule has 2 rings (SSSR count). The van der Waals surface area contributed by atoms with E-state index >= 15 is 0 Å². The molecule has 0 saturated carbocycles. The summed E-state index contributed by atoms with van der Waals surface area (Å²) in [5, 5.41) is 5.36.